The van der Waals surface area contributed by atoms with E-state index in [1.54, 1.807) is 0 Å². The zero-order valence-electron chi connectivity index (χ0n) is 18.8. The van der Waals surface area contributed by atoms with Gasteiger partial charge in [0.1, 0.15) is 11.5 Å². The van der Waals surface area contributed by atoms with Crippen LogP contribution >= 0.6 is 0 Å². The van der Waals surface area contributed by atoms with E-state index < -0.39 is 5.72 Å². The number of fused-ring (bicyclic) bond motifs is 9. The summed E-state index contributed by atoms with van der Waals surface area (Å²) in [4.78, 5) is 15.7. The molecule has 0 unspecified atom stereocenters. The van der Waals surface area contributed by atoms with Gasteiger partial charge >= 0.3 is 0 Å². The van der Waals surface area contributed by atoms with Crippen LogP contribution in [0.15, 0.2) is 12.1 Å². The molecule has 0 spiro atoms. The Labute approximate surface area is 185 Å². The zero-order valence-corrected chi connectivity index (χ0v) is 18.8. The minimum Gasteiger partial charge on any atom is -0.393 e. The highest BCUT2D eigenvalue weighted by atomic mass is 16.3. The van der Waals surface area contributed by atoms with Crippen LogP contribution in [-0.4, -0.2) is 39.6 Å². The maximum absolute atomic E-state index is 13.2. The first-order valence-electron chi connectivity index (χ1n) is 12.7. The van der Waals surface area contributed by atoms with Crippen molar-refractivity contribution in [3.05, 3.63) is 34.4 Å². The van der Waals surface area contributed by atoms with Gasteiger partial charge in [0.25, 0.3) is 0 Å². The number of aliphatic hydroxyl groups excluding tert-OH is 1. The lowest BCUT2D eigenvalue weighted by molar-refractivity contribution is -0.141. The van der Waals surface area contributed by atoms with Crippen LogP contribution in [0.1, 0.15) is 92.9 Å². The van der Waals surface area contributed by atoms with E-state index >= 15 is 0 Å². The molecule has 7 rings (SSSR count). The lowest BCUT2D eigenvalue weighted by atomic mass is 9.52. The molecule has 1 aromatic carbocycles. The molecule has 3 heterocycles. The first kappa shape index (κ1) is 19.3. The topological polar surface area (TPSA) is 60.8 Å². The van der Waals surface area contributed by atoms with Crippen LogP contribution in [0.2, 0.25) is 0 Å². The number of rotatable bonds is 0. The SMILES string of the molecule is C[C@@H]1c2ccc3c(c2[C@@]2(O)C[C@@H]4CC[C@@H]1N2C4)C[C@H]1[C@H]3CC(=O)[C@H]2C[C@@H](O)CC[C@@]21C. The Morgan fingerprint density at radius 1 is 1.13 bits per heavy atom. The summed E-state index contributed by atoms with van der Waals surface area (Å²) in [5.74, 6) is 2.18. The molecule has 3 aliphatic heterocycles. The number of ketones is 1. The van der Waals surface area contributed by atoms with Crippen molar-refractivity contribution >= 4 is 5.78 Å². The number of aliphatic hydroxyl groups is 2. The Morgan fingerprint density at radius 2 is 1.94 bits per heavy atom. The molecular weight excluding hydrogens is 386 g/mol. The van der Waals surface area contributed by atoms with Crippen molar-refractivity contribution in [2.75, 3.05) is 6.54 Å². The highest BCUT2D eigenvalue weighted by Crippen LogP contribution is 2.63. The summed E-state index contributed by atoms with van der Waals surface area (Å²) < 4.78 is 0. The molecule has 0 aromatic heterocycles. The number of benzene rings is 1. The van der Waals surface area contributed by atoms with Gasteiger partial charge in [0.15, 0.2) is 0 Å². The second kappa shape index (κ2) is 6.01. The molecule has 2 saturated heterocycles. The van der Waals surface area contributed by atoms with Crippen LogP contribution in [0.5, 0.6) is 0 Å². The van der Waals surface area contributed by atoms with Crippen LogP contribution in [0.25, 0.3) is 0 Å². The van der Waals surface area contributed by atoms with Crippen LogP contribution in [-0.2, 0) is 16.9 Å². The number of carbonyl (C=O) groups is 1. The first-order chi connectivity index (χ1) is 14.8. The van der Waals surface area contributed by atoms with Crippen molar-refractivity contribution in [2.45, 2.75) is 94.9 Å². The number of hydrogen-bond acceptors (Lipinski definition) is 4. The minimum absolute atomic E-state index is 0.00322. The van der Waals surface area contributed by atoms with Crippen molar-refractivity contribution in [2.24, 2.45) is 23.2 Å². The largest absolute Gasteiger partial charge is 0.393 e. The number of carbonyl (C=O) groups excluding carboxylic acids is 1. The Kier molecular flexibility index (Phi) is 3.73. The van der Waals surface area contributed by atoms with Gasteiger partial charge in [-0.05, 0) is 90.7 Å². The molecule has 2 saturated carbocycles. The van der Waals surface area contributed by atoms with Gasteiger partial charge in [-0.15, -0.1) is 0 Å². The molecule has 9 atom stereocenters. The maximum Gasteiger partial charge on any atom is 0.145 e. The summed E-state index contributed by atoms with van der Waals surface area (Å²) in [6, 6.07) is 5.09. The Balaban J connectivity index is 1.38. The average Bonchev–Trinajstić information content (AvgIpc) is 3.25. The van der Waals surface area contributed by atoms with Gasteiger partial charge in [0.2, 0.25) is 0 Å². The fourth-order valence-electron chi connectivity index (χ4n) is 9.39. The monoisotopic (exact) mass is 421 g/mol. The third kappa shape index (κ3) is 2.25. The third-order valence-electron chi connectivity index (χ3n) is 10.9. The van der Waals surface area contributed by atoms with Crippen molar-refractivity contribution in [1.29, 1.82) is 0 Å². The molecule has 1 aromatic rings. The molecule has 2 N–H and O–H groups in total. The van der Waals surface area contributed by atoms with Crippen LogP contribution in [0, 0.1) is 23.2 Å². The second-order valence-corrected chi connectivity index (χ2v) is 12.1. The van der Waals surface area contributed by atoms with Gasteiger partial charge in [0, 0.05) is 30.5 Å². The van der Waals surface area contributed by atoms with E-state index in [0.717, 1.165) is 32.2 Å². The summed E-state index contributed by atoms with van der Waals surface area (Å²) in [5, 5.41) is 22.5. The molecule has 4 nitrogen and oxygen atoms in total. The second-order valence-electron chi connectivity index (χ2n) is 12.1. The highest BCUT2D eigenvalue weighted by Gasteiger charge is 2.61. The smallest absolute Gasteiger partial charge is 0.145 e. The van der Waals surface area contributed by atoms with E-state index in [4.69, 9.17) is 0 Å². The van der Waals surface area contributed by atoms with E-state index in [1.807, 2.05) is 0 Å². The van der Waals surface area contributed by atoms with Gasteiger partial charge in [-0.25, -0.2) is 0 Å². The Hall–Kier alpha value is -1.23. The van der Waals surface area contributed by atoms with E-state index in [0.29, 0.717) is 42.4 Å². The molecule has 3 aliphatic carbocycles. The van der Waals surface area contributed by atoms with E-state index in [-0.39, 0.29) is 23.4 Å². The molecule has 166 valence electrons. The van der Waals surface area contributed by atoms with Gasteiger partial charge in [-0.2, -0.15) is 0 Å². The lowest BCUT2D eigenvalue weighted by Gasteiger charge is -2.52. The molecule has 0 amide bonds. The van der Waals surface area contributed by atoms with E-state index in [1.165, 1.54) is 35.1 Å². The third-order valence-corrected chi connectivity index (χ3v) is 10.9. The van der Waals surface area contributed by atoms with Crippen LogP contribution < -0.4 is 0 Å². The minimum atomic E-state index is -0.806. The predicted molar refractivity (Wildman–Crippen MR) is 118 cm³/mol. The van der Waals surface area contributed by atoms with Gasteiger partial charge in [-0.1, -0.05) is 26.0 Å². The Bertz CT molecular complexity index is 989. The normalized spacial score (nSPS) is 49.9. The van der Waals surface area contributed by atoms with Crippen LogP contribution in [0.4, 0.5) is 0 Å². The fraction of sp³-hybridized carbons (Fsp3) is 0.741. The van der Waals surface area contributed by atoms with Crippen molar-refractivity contribution in [1.82, 2.24) is 4.90 Å². The van der Waals surface area contributed by atoms with Crippen molar-refractivity contribution in [3.8, 4) is 0 Å². The summed E-state index contributed by atoms with van der Waals surface area (Å²) >= 11 is 0. The summed E-state index contributed by atoms with van der Waals surface area (Å²) in [5.41, 5.74) is 4.51. The van der Waals surface area contributed by atoms with Crippen molar-refractivity contribution < 1.29 is 15.0 Å². The fourth-order valence-corrected chi connectivity index (χ4v) is 9.39. The molecule has 0 radical (unpaired) electrons. The quantitative estimate of drug-likeness (QED) is 0.668. The molecule has 4 heteroatoms. The molecular formula is C27H35NO3. The molecule has 31 heavy (non-hydrogen) atoms. The standard InChI is InChI=1S/C27H35NO3/c1-14-17-4-5-18-19-11-24(30)22-9-16(29)7-8-26(22,2)21(19)10-20(18)25(17)27(31)12-15-3-6-23(14)28(27)13-15/h4-5,14-16,19,21-23,29,31H,3,6-13H2,1-2H3/t14-,15+,16+,19+,21+,22-,23+,26-,27+/m1/s1. The molecule has 6 aliphatic rings. The predicted octanol–water partition coefficient (Wildman–Crippen LogP) is 3.83. The van der Waals surface area contributed by atoms with E-state index in [2.05, 4.69) is 30.9 Å². The number of Topliss-reactive ketones (excluding diaryl/α,β-unsaturated/α-hetero) is 1. The van der Waals surface area contributed by atoms with Gasteiger partial charge in [-0.3, -0.25) is 9.69 Å². The van der Waals surface area contributed by atoms with Gasteiger partial charge < -0.3 is 10.2 Å². The summed E-state index contributed by atoms with van der Waals surface area (Å²) in [6.45, 7) is 5.73. The molecule has 2 bridgehead atoms. The number of hydrogen-bond donors (Lipinski definition) is 2. The number of nitrogens with zero attached hydrogens (tertiary/aromatic N) is 1. The average molecular weight is 422 g/mol. The lowest BCUT2D eigenvalue weighted by Crippen LogP contribution is -2.54. The molecule has 4 fully saturated rings. The maximum atomic E-state index is 13.2. The first-order valence-corrected chi connectivity index (χ1v) is 12.7. The highest BCUT2D eigenvalue weighted by molar-refractivity contribution is 5.84. The zero-order chi connectivity index (χ0) is 21.3. The van der Waals surface area contributed by atoms with Gasteiger partial charge in [0.05, 0.1) is 6.10 Å². The summed E-state index contributed by atoms with van der Waals surface area (Å²) in [6.07, 6.45) is 7.02. The Morgan fingerprint density at radius 3 is 2.77 bits per heavy atom. The summed E-state index contributed by atoms with van der Waals surface area (Å²) in [7, 11) is 0. The van der Waals surface area contributed by atoms with Crippen molar-refractivity contribution in [3.63, 3.8) is 0 Å². The number of piperidine rings is 1. The van der Waals surface area contributed by atoms with E-state index in [9.17, 15) is 15.0 Å². The van der Waals surface area contributed by atoms with Crippen LogP contribution in [0.3, 0.4) is 0 Å².